The summed E-state index contributed by atoms with van der Waals surface area (Å²) in [7, 11) is 0. The van der Waals surface area contributed by atoms with E-state index in [0.29, 0.717) is 6.42 Å². The number of aromatic hydroxyl groups is 1. The van der Waals surface area contributed by atoms with Crippen LogP contribution in [0, 0.1) is 0 Å². The first-order chi connectivity index (χ1) is 7.08. The zero-order chi connectivity index (χ0) is 11.3. The SMILES string of the molecule is CC(CCC(=O)O)Sc1ccc(O)cc1. The van der Waals surface area contributed by atoms with Gasteiger partial charge in [0.1, 0.15) is 5.75 Å². The molecule has 82 valence electrons. The first-order valence-corrected chi connectivity index (χ1v) is 5.63. The number of carboxylic acid groups (broad SMARTS) is 1. The molecule has 0 bridgehead atoms. The second-order valence-corrected chi connectivity index (χ2v) is 4.87. The lowest BCUT2D eigenvalue weighted by molar-refractivity contribution is -0.137. The molecule has 0 aliphatic carbocycles. The van der Waals surface area contributed by atoms with Gasteiger partial charge in [-0.1, -0.05) is 6.92 Å². The summed E-state index contributed by atoms with van der Waals surface area (Å²) in [6.45, 7) is 2.00. The van der Waals surface area contributed by atoms with Crippen molar-refractivity contribution in [1.29, 1.82) is 0 Å². The van der Waals surface area contributed by atoms with E-state index in [1.807, 2.05) is 19.1 Å². The van der Waals surface area contributed by atoms with Crippen LogP contribution in [0.15, 0.2) is 29.2 Å². The summed E-state index contributed by atoms with van der Waals surface area (Å²) in [4.78, 5) is 11.4. The number of thioether (sulfide) groups is 1. The van der Waals surface area contributed by atoms with E-state index < -0.39 is 5.97 Å². The normalized spacial score (nSPS) is 12.3. The quantitative estimate of drug-likeness (QED) is 0.758. The summed E-state index contributed by atoms with van der Waals surface area (Å²) in [6, 6.07) is 6.92. The molecule has 15 heavy (non-hydrogen) atoms. The van der Waals surface area contributed by atoms with E-state index in [1.165, 1.54) is 0 Å². The molecule has 0 radical (unpaired) electrons. The van der Waals surface area contributed by atoms with Gasteiger partial charge in [-0.05, 0) is 30.7 Å². The Kier molecular flexibility index (Phi) is 4.49. The van der Waals surface area contributed by atoms with E-state index in [4.69, 9.17) is 10.2 Å². The van der Waals surface area contributed by atoms with Gasteiger partial charge in [0.15, 0.2) is 0 Å². The van der Waals surface area contributed by atoms with Crippen molar-refractivity contribution in [2.45, 2.75) is 29.9 Å². The molecule has 0 saturated heterocycles. The van der Waals surface area contributed by atoms with Gasteiger partial charge in [0.2, 0.25) is 0 Å². The minimum absolute atomic E-state index is 0.201. The summed E-state index contributed by atoms with van der Waals surface area (Å²) >= 11 is 1.62. The number of benzene rings is 1. The van der Waals surface area contributed by atoms with Crippen molar-refractivity contribution < 1.29 is 15.0 Å². The highest BCUT2D eigenvalue weighted by atomic mass is 32.2. The molecule has 1 atom stereocenters. The summed E-state index contributed by atoms with van der Waals surface area (Å²) in [5.74, 6) is -0.509. The Morgan fingerprint density at radius 3 is 2.53 bits per heavy atom. The van der Waals surface area contributed by atoms with E-state index in [2.05, 4.69) is 0 Å². The number of carbonyl (C=O) groups is 1. The number of carboxylic acids is 1. The summed E-state index contributed by atoms with van der Waals surface area (Å²) in [5, 5.41) is 17.9. The standard InChI is InChI=1S/C11H14O3S/c1-8(2-7-11(13)14)15-10-5-3-9(12)4-6-10/h3-6,8,12H,2,7H2,1H3,(H,13,14). The Morgan fingerprint density at radius 1 is 1.40 bits per heavy atom. The van der Waals surface area contributed by atoms with Crippen LogP contribution in [0.2, 0.25) is 0 Å². The number of phenolic OH excluding ortho intramolecular Hbond substituents is 1. The Hall–Kier alpha value is -1.16. The second-order valence-electron chi connectivity index (χ2n) is 3.35. The molecule has 1 aromatic rings. The predicted octanol–water partition coefficient (Wildman–Crippen LogP) is 2.74. The average Bonchev–Trinajstić information content (AvgIpc) is 2.19. The lowest BCUT2D eigenvalue weighted by Gasteiger charge is -2.09. The fourth-order valence-corrected chi connectivity index (χ4v) is 2.14. The number of rotatable bonds is 5. The van der Waals surface area contributed by atoms with Crippen molar-refractivity contribution >= 4 is 17.7 Å². The Labute approximate surface area is 93.1 Å². The third-order valence-electron chi connectivity index (χ3n) is 1.94. The van der Waals surface area contributed by atoms with E-state index in [9.17, 15) is 4.79 Å². The smallest absolute Gasteiger partial charge is 0.303 e. The van der Waals surface area contributed by atoms with E-state index >= 15 is 0 Å². The number of phenols is 1. The Morgan fingerprint density at radius 2 is 2.00 bits per heavy atom. The zero-order valence-electron chi connectivity index (χ0n) is 8.51. The van der Waals surface area contributed by atoms with Crippen LogP contribution >= 0.6 is 11.8 Å². The lowest BCUT2D eigenvalue weighted by Crippen LogP contribution is -2.01. The molecule has 4 heteroatoms. The molecule has 0 spiro atoms. The molecule has 0 aliphatic rings. The van der Waals surface area contributed by atoms with Crippen LogP contribution in [0.5, 0.6) is 5.75 Å². The molecule has 0 aromatic heterocycles. The molecule has 3 nitrogen and oxygen atoms in total. The predicted molar refractivity (Wildman–Crippen MR) is 60.3 cm³/mol. The maximum absolute atomic E-state index is 10.4. The largest absolute Gasteiger partial charge is 0.508 e. The van der Waals surface area contributed by atoms with Gasteiger partial charge < -0.3 is 10.2 Å². The van der Waals surface area contributed by atoms with Crippen LogP contribution in [-0.2, 0) is 4.79 Å². The Balaban J connectivity index is 2.40. The van der Waals surface area contributed by atoms with E-state index in [0.717, 1.165) is 4.90 Å². The van der Waals surface area contributed by atoms with E-state index in [-0.39, 0.29) is 17.4 Å². The van der Waals surface area contributed by atoms with Crippen LogP contribution in [0.4, 0.5) is 0 Å². The summed E-state index contributed by atoms with van der Waals surface area (Å²) in [6.07, 6.45) is 0.854. The first kappa shape index (κ1) is 11.9. The van der Waals surface area contributed by atoms with Crippen molar-refractivity contribution in [3.63, 3.8) is 0 Å². The van der Waals surface area contributed by atoms with Crippen molar-refractivity contribution in [3.05, 3.63) is 24.3 Å². The minimum atomic E-state index is -0.756. The van der Waals surface area contributed by atoms with Crippen LogP contribution in [0.1, 0.15) is 19.8 Å². The van der Waals surface area contributed by atoms with Gasteiger partial charge >= 0.3 is 5.97 Å². The summed E-state index contributed by atoms with van der Waals surface area (Å²) in [5.41, 5.74) is 0. The molecule has 0 heterocycles. The van der Waals surface area contributed by atoms with Gasteiger partial charge in [0, 0.05) is 16.6 Å². The molecular weight excluding hydrogens is 212 g/mol. The van der Waals surface area contributed by atoms with Gasteiger partial charge in [-0.3, -0.25) is 4.79 Å². The molecule has 0 amide bonds. The minimum Gasteiger partial charge on any atom is -0.508 e. The monoisotopic (exact) mass is 226 g/mol. The number of hydrogen-bond acceptors (Lipinski definition) is 3. The third-order valence-corrected chi connectivity index (χ3v) is 3.12. The maximum Gasteiger partial charge on any atom is 0.303 e. The third kappa shape index (κ3) is 4.74. The highest BCUT2D eigenvalue weighted by molar-refractivity contribution is 7.99. The van der Waals surface area contributed by atoms with Crippen molar-refractivity contribution in [2.75, 3.05) is 0 Å². The molecule has 0 fully saturated rings. The van der Waals surface area contributed by atoms with Gasteiger partial charge in [0.05, 0.1) is 0 Å². The zero-order valence-corrected chi connectivity index (χ0v) is 9.33. The lowest BCUT2D eigenvalue weighted by atomic mass is 10.2. The van der Waals surface area contributed by atoms with Gasteiger partial charge in [-0.2, -0.15) is 0 Å². The Bertz CT molecular complexity index is 321. The van der Waals surface area contributed by atoms with Gasteiger partial charge in [-0.25, -0.2) is 0 Å². The van der Waals surface area contributed by atoms with Gasteiger partial charge in [-0.15, -0.1) is 11.8 Å². The molecule has 0 saturated carbocycles. The van der Waals surface area contributed by atoms with Crippen molar-refractivity contribution in [2.24, 2.45) is 0 Å². The van der Waals surface area contributed by atoms with E-state index in [1.54, 1.807) is 23.9 Å². The molecule has 0 aliphatic heterocycles. The van der Waals surface area contributed by atoms with Gasteiger partial charge in [0.25, 0.3) is 0 Å². The molecular formula is C11H14O3S. The number of aliphatic carboxylic acids is 1. The van der Waals surface area contributed by atoms with Crippen LogP contribution in [0.25, 0.3) is 0 Å². The summed E-state index contributed by atoms with van der Waals surface area (Å²) < 4.78 is 0. The van der Waals surface area contributed by atoms with Crippen LogP contribution < -0.4 is 0 Å². The first-order valence-electron chi connectivity index (χ1n) is 4.75. The van der Waals surface area contributed by atoms with Crippen LogP contribution in [-0.4, -0.2) is 21.4 Å². The molecule has 2 N–H and O–H groups in total. The molecule has 1 unspecified atom stereocenters. The van der Waals surface area contributed by atoms with Crippen molar-refractivity contribution in [1.82, 2.24) is 0 Å². The van der Waals surface area contributed by atoms with Crippen LogP contribution in [0.3, 0.4) is 0 Å². The maximum atomic E-state index is 10.4. The fraction of sp³-hybridized carbons (Fsp3) is 0.364. The highest BCUT2D eigenvalue weighted by Crippen LogP contribution is 2.27. The average molecular weight is 226 g/mol. The highest BCUT2D eigenvalue weighted by Gasteiger charge is 2.06. The second kappa shape index (κ2) is 5.66. The van der Waals surface area contributed by atoms with Crippen molar-refractivity contribution in [3.8, 4) is 5.75 Å². The number of hydrogen-bond donors (Lipinski definition) is 2. The fourth-order valence-electron chi connectivity index (χ4n) is 1.14. The topological polar surface area (TPSA) is 57.5 Å². The molecule has 1 aromatic carbocycles. The molecule has 1 rings (SSSR count).